The van der Waals surface area contributed by atoms with Crippen LogP contribution >= 0.6 is 0 Å². The second kappa shape index (κ2) is 3.22. The number of hydrogen-bond acceptors (Lipinski definition) is 2. The number of carboxylic acid groups (broad SMARTS) is 1. The zero-order valence-electron chi connectivity index (χ0n) is 7.08. The fourth-order valence-corrected chi connectivity index (χ4v) is 1.78. The molecular formula is C8H15NO2. The molecular weight excluding hydrogens is 142 g/mol. The predicted molar refractivity (Wildman–Crippen MR) is 42.5 cm³/mol. The molecule has 1 fully saturated rings. The van der Waals surface area contributed by atoms with Gasteiger partial charge in [-0.3, -0.25) is 9.69 Å². The Morgan fingerprint density at radius 1 is 1.73 bits per heavy atom. The lowest BCUT2D eigenvalue weighted by atomic mass is 10.0. The molecule has 0 radical (unpaired) electrons. The highest BCUT2D eigenvalue weighted by Crippen LogP contribution is 2.23. The standard InChI is InChI=1S/C8H15NO2/c1-3-9-5-4-6(2)7(9)8(10)11/h6-7H,3-5H2,1-2H3,(H,10,11)/t6-,7-/m0/s1. The maximum atomic E-state index is 10.7. The van der Waals surface area contributed by atoms with E-state index in [2.05, 4.69) is 0 Å². The van der Waals surface area contributed by atoms with Crippen molar-refractivity contribution in [3.05, 3.63) is 0 Å². The Morgan fingerprint density at radius 2 is 2.36 bits per heavy atom. The van der Waals surface area contributed by atoms with Crippen molar-refractivity contribution >= 4 is 5.97 Å². The number of hydrogen-bond donors (Lipinski definition) is 1. The third-order valence-corrected chi connectivity index (χ3v) is 2.46. The van der Waals surface area contributed by atoms with Gasteiger partial charge in [-0.25, -0.2) is 0 Å². The lowest BCUT2D eigenvalue weighted by Gasteiger charge is -2.20. The molecule has 2 atom stereocenters. The van der Waals surface area contributed by atoms with Gasteiger partial charge in [0.15, 0.2) is 0 Å². The number of rotatable bonds is 2. The van der Waals surface area contributed by atoms with E-state index in [-0.39, 0.29) is 6.04 Å². The van der Waals surface area contributed by atoms with Crippen LogP contribution < -0.4 is 0 Å². The molecule has 1 heterocycles. The summed E-state index contributed by atoms with van der Waals surface area (Å²) in [7, 11) is 0. The lowest BCUT2D eigenvalue weighted by molar-refractivity contribution is -0.143. The van der Waals surface area contributed by atoms with E-state index in [9.17, 15) is 4.79 Å². The number of likely N-dealkylation sites (N-methyl/N-ethyl adjacent to an activating group) is 1. The first kappa shape index (κ1) is 8.53. The van der Waals surface area contributed by atoms with Crippen LogP contribution in [0.3, 0.4) is 0 Å². The van der Waals surface area contributed by atoms with Gasteiger partial charge in [0.1, 0.15) is 6.04 Å². The van der Waals surface area contributed by atoms with Gasteiger partial charge in [0, 0.05) is 0 Å². The average Bonchev–Trinajstić information content (AvgIpc) is 2.30. The van der Waals surface area contributed by atoms with Gasteiger partial charge in [0.25, 0.3) is 0 Å². The topological polar surface area (TPSA) is 40.5 Å². The van der Waals surface area contributed by atoms with Gasteiger partial charge < -0.3 is 5.11 Å². The fourth-order valence-electron chi connectivity index (χ4n) is 1.78. The summed E-state index contributed by atoms with van der Waals surface area (Å²) in [6.45, 7) is 5.80. The van der Waals surface area contributed by atoms with Crippen LogP contribution in [-0.2, 0) is 4.79 Å². The molecule has 1 N–H and O–H groups in total. The Hall–Kier alpha value is -0.570. The highest BCUT2D eigenvalue weighted by atomic mass is 16.4. The molecule has 0 bridgehead atoms. The molecule has 0 aromatic heterocycles. The number of likely N-dealkylation sites (tertiary alicyclic amines) is 1. The normalized spacial score (nSPS) is 32.5. The van der Waals surface area contributed by atoms with Crippen LogP contribution in [0.25, 0.3) is 0 Å². The molecule has 1 rings (SSSR count). The van der Waals surface area contributed by atoms with Crippen molar-refractivity contribution in [2.24, 2.45) is 5.92 Å². The molecule has 0 amide bonds. The highest BCUT2D eigenvalue weighted by Gasteiger charge is 2.35. The van der Waals surface area contributed by atoms with Gasteiger partial charge >= 0.3 is 5.97 Å². The van der Waals surface area contributed by atoms with Crippen molar-refractivity contribution in [3.8, 4) is 0 Å². The molecule has 64 valence electrons. The minimum atomic E-state index is -0.670. The Bertz CT molecular complexity index is 158. The Balaban J connectivity index is 2.63. The first-order chi connectivity index (χ1) is 5.16. The molecule has 0 aromatic carbocycles. The van der Waals surface area contributed by atoms with E-state index in [1.165, 1.54) is 0 Å². The summed E-state index contributed by atoms with van der Waals surface area (Å²) in [6.07, 6.45) is 1.02. The Labute approximate surface area is 67.0 Å². The number of carbonyl (C=O) groups is 1. The number of nitrogens with zero attached hydrogens (tertiary/aromatic N) is 1. The average molecular weight is 157 g/mol. The number of aliphatic carboxylic acids is 1. The summed E-state index contributed by atoms with van der Waals surface area (Å²) in [6, 6.07) is -0.236. The Morgan fingerprint density at radius 3 is 2.73 bits per heavy atom. The van der Waals surface area contributed by atoms with Crippen LogP contribution in [0.4, 0.5) is 0 Å². The molecule has 11 heavy (non-hydrogen) atoms. The van der Waals surface area contributed by atoms with E-state index >= 15 is 0 Å². The summed E-state index contributed by atoms with van der Waals surface area (Å²) < 4.78 is 0. The first-order valence-corrected chi connectivity index (χ1v) is 4.13. The van der Waals surface area contributed by atoms with Crippen LogP contribution in [0.15, 0.2) is 0 Å². The summed E-state index contributed by atoms with van der Waals surface area (Å²) in [5.41, 5.74) is 0. The minimum absolute atomic E-state index is 0.236. The van der Waals surface area contributed by atoms with Gasteiger partial charge in [-0.15, -0.1) is 0 Å². The van der Waals surface area contributed by atoms with Crippen molar-refractivity contribution in [3.63, 3.8) is 0 Å². The molecule has 0 aromatic rings. The van der Waals surface area contributed by atoms with Crippen molar-refractivity contribution in [2.45, 2.75) is 26.3 Å². The maximum Gasteiger partial charge on any atom is 0.321 e. The molecule has 1 saturated heterocycles. The van der Waals surface area contributed by atoms with Gasteiger partial charge in [-0.05, 0) is 25.4 Å². The van der Waals surface area contributed by atoms with Crippen LogP contribution in [0.5, 0.6) is 0 Å². The summed E-state index contributed by atoms with van der Waals surface area (Å²) >= 11 is 0. The molecule has 3 heteroatoms. The molecule has 1 aliphatic rings. The minimum Gasteiger partial charge on any atom is -0.480 e. The third-order valence-electron chi connectivity index (χ3n) is 2.46. The zero-order valence-corrected chi connectivity index (χ0v) is 7.08. The van der Waals surface area contributed by atoms with Gasteiger partial charge in [0.05, 0.1) is 0 Å². The van der Waals surface area contributed by atoms with E-state index in [0.717, 1.165) is 19.5 Å². The molecule has 1 aliphatic heterocycles. The SMILES string of the molecule is CCN1CC[C@H](C)[C@H]1C(=O)O. The quantitative estimate of drug-likeness (QED) is 0.644. The zero-order chi connectivity index (χ0) is 8.43. The van der Waals surface area contributed by atoms with Crippen LogP contribution in [0, 0.1) is 5.92 Å². The van der Waals surface area contributed by atoms with Crippen LogP contribution in [-0.4, -0.2) is 35.1 Å². The van der Waals surface area contributed by atoms with E-state index in [4.69, 9.17) is 5.11 Å². The van der Waals surface area contributed by atoms with Crippen molar-refractivity contribution < 1.29 is 9.90 Å². The van der Waals surface area contributed by atoms with Crippen LogP contribution in [0.1, 0.15) is 20.3 Å². The molecule has 0 spiro atoms. The fraction of sp³-hybridized carbons (Fsp3) is 0.875. The molecule has 3 nitrogen and oxygen atoms in total. The third kappa shape index (κ3) is 1.53. The molecule has 0 unspecified atom stereocenters. The summed E-state index contributed by atoms with van der Waals surface area (Å²) in [5, 5.41) is 8.84. The van der Waals surface area contributed by atoms with Gasteiger partial charge in [-0.1, -0.05) is 13.8 Å². The largest absolute Gasteiger partial charge is 0.480 e. The second-order valence-corrected chi connectivity index (χ2v) is 3.18. The van der Waals surface area contributed by atoms with Gasteiger partial charge in [0.2, 0.25) is 0 Å². The van der Waals surface area contributed by atoms with Crippen molar-refractivity contribution in [1.82, 2.24) is 4.90 Å². The first-order valence-electron chi connectivity index (χ1n) is 4.13. The van der Waals surface area contributed by atoms with Crippen molar-refractivity contribution in [2.75, 3.05) is 13.1 Å². The lowest BCUT2D eigenvalue weighted by Crippen LogP contribution is -2.38. The van der Waals surface area contributed by atoms with Crippen molar-refractivity contribution in [1.29, 1.82) is 0 Å². The van der Waals surface area contributed by atoms with E-state index in [0.29, 0.717) is 5.92 Å². The van der Waals surface area contributed by atoms with E-state index in [1.807, 2.05) is 18.7 Å². The summed E-state index contributed by atoms with van der Waals surface area (Å²) in [5.74, 6) is -0.357. The Kier molecular flexibility index (Phi) is 2.49. The van der Waals surface area contributed by atoms with Gasteiger partial charge in [-0.2, -0.15) is 0 Å². The van der Waals surface area contributed by atoms with E-state index in [1.54, 1.807) is 0 Å². The smallest absolute Gasteiger partial charge is 0.321 e. The molecule has 0 aliphatic carbocycles. The second-order valence-electron chi connectivity index (χ2n) is 3.18. The highest BCUT2D eigenvalue weighted by molar-refractivity contribution is 5.74. The summed E-state index contributed by atoms with van der Waals surface area (Å²) in [4.78, 5) is 12.8. The molecule has 0 saturated carbocycles. The maximum absolute atomic E-state index is 10.7. The number of carboxylic acids is 1. The van der Waals surface area contributed by atoms with Crippen LogP contribution in [0.2, 0.25) is 0 Å². The monoisotopic (exact) mass is 157 g/mol. The predicted octanol–water partition coefficient (Wildman–Crippen LogP) is 0.801. The van der Waals surface area contributed by atoms with E-state index < -0.39 is 5.97 Å².